The molecule has 0 aromatic heterocycles. The molecule has 0 radical (unpaired) electrons. The van der Waals surface area contributed by atoms with Crippen LogP contribution in [0.4, 0.5) is 0 Å². The molecule has 0 N–H and O–H groups in total. The minimum Gasteiger partial charge on any atom is -0.103 e. The van der Waals surface area contributed by atoms with E-state index in [0.29, 0.717) is 5.41 Å². The first-order valence-electron chi connectivity index (χ1n) is 5.66. The van der Waals surface area contributed by atoms with Crippen LogP contribution < -0.4 is 0 Å². The number of rotatable bonds is 0. The highest BCUT2D eigenvalue weighted by molar-refractivity contribution is 4.64. The van der Waals surface area contributed by atoms with Crippen LogP contribution in [-0.4, -0.2) is 0 Å². The van der Waals surface area contributed by atoms with Crippen molar-refractivity contribution in [3.05, 3.63) is 12.7 Å². The third-order valence-corrected chi connectivity index (χ3v) is 1.73. The molecule has 0 saturated carbocycles. The monoisotopic (exact) mass is 200 g/mol. The Labute approximate surface area is 92.8 Å². The van der Waals surface area contributed by atoms with Gasteiger partial charge in [0.2, 0.25) is 0 Å². The zero-order chi connectivity index (χ0) is 12.4. The maximum Gasteiger partial charge on any atom is -0.0360 e. The summed E-state index contributed by atoms with van der Waals surface area (Å²) in [6.07, 6.45) is 1.75. The van der Waals surface area contributed by atoms with Crippen molar-refractivity contribution in [2.45, 2.75) is 62.3 Å². The van der Waals surface area contributed by atoms with Crippen LogP contribution in [0.1, 0.15) is 62.3 Å². The van der Waals surface area contributed by atoms with Gasteiger partial charge in [0.25, 0.3) is 0 Å². The van der Waals surface area contributed by atoms with Crippen LogP contribution in [0.25, 0.3) is 0 Å². The van der Waals surface area contributed by atoms with Gasteiger partial charge in [-0.2, -0.15) is 0 Å². The first-order valence-corrected chi connectivity index (χ1v) is 5.66. The second-order valence-corrected chi connectivity index (χ2v) is 5.66. The van der Waals surface area contributed by atoms with E-state index in [9.17, 15) is 0 Å². The average Bonchev–Trinajstić information content (AvgIpc) is 1.84. The zero-order valence-electron chi connectivity index (χ0n) is 11.9. The highest BCUT2D eigenvalue weighted by atomic mass is 14.2. The van der Waals surface area contributed by atoms with Gasteiger partial charge in [-0.3, -0.25) is 0 Å². The molecule has 0 heterocycles. The Morgan fingerprint density at radius 3 is 1.00 bits per heavy atom. The molecule has 0 rings (SSSR count). The molecule has 0 spiro atoms. The summed E-state index contributed by atoms with van der Waals surface area (Å²) in [5.41, 5.74) is 0.500. The molecule has 0 amide bonds. The normalized spacial score (nSPS) is 9.93. The topological polar surface area (TPSA) is 0 Å². The second-order valence-electron chi connectivity index (χ2n) is 5.66. The van der Waals surface area contributed by atoms with E-state index < -0.39 is 0 Å². The lowest BCUT2D eigenvalue weighted by Gasteiger charge is -2.22. The van der Waals surface area contributed by atoms with Crippen molar-refractivity contribution in [1.29, 1.82) is 0 Å². The van der Waals surface area contributed by atoms with Crippen molar-refractivity contribution < 1.29 is 0 Å². The van der Waals surface area contributed by atoms with Crippen LogP contribution in [0.3, 0.4) is 0 Å². The largest absolute Gasteiger partial charge is 0.103 e. The van der Waals surface area contributed by atoms with E-state index >= 15 is 0 Å². The summed E-state index contributed by atoms with van der Waals surface area (Å²) in [7, 11) is 0. The molecule has 0 aliphatic rings. The van der Waals surface area contributed by atoms with Crippen LogP contribution in [0.5, 0.6) is 0 Å². The molecule has 0 fully saturated rings. The first-order chi connectivity index (χ1) is 6.09. The molecular formula is C14H32. The molecule has 0 heteroatoms. The van der Waals surface area contributed by atoms with Gasteiger partial charge >= 0.3 is 0 Å². The van der Waals surface area contributed by atoms with Crippen molar-refractivity contribution in [1.82, 2.24) is 0 Å². The van der Waals surface area contributed by atoms with Crippen molar-refractivity contribution >= 4 is 0 Å². The van der Waals surface area contributed by atoms with Crippen LogP contribution >= 0.6 is 0 Å². The maximum absolute atomic E-state index is 3.36. The summed E-state index contributed by atoms with van der Waals surface area (Å²) in [5, 5.41) is 0. The molecule has 0 bridgehead atoms. The predicted molar refractivity (Wildman–Crippen MR) is 70.7 cm³/mol. The lowest BCUT2D eigenvalue weighted by molar-refractivity contribution is 0.283. The van der Waals surface area contributed by atoms with Gasteiger partial charge in [-0.1, -0.05) is 61.5 Å². The van der Waals surface area contributed by atoms with Crippen molar-refractivity contribution in [2.24, 2.45) is 17.3 Å². The highest BCUT2D eigenvalue weighted by Crippen LogP contribution is 2.23. The Morgan fingerprint density at radius 2 is 1.00 bits per heavy atom. The minimum absolute atomic E-state index is 0.500. The lowest BCUT2D eigenvalue weighted by atomic mass is 9.84. The summed E-state index contributed by atoms with van der Waals surface area (Å²) < 4.78 is 0. The van der Waals surface area contributed by atoms with Crippen LogP contribution in [-0.2, 0) is 0 Å². The van der Waals surface area contributed by atoms with Crippen LogP contribution in [0.2, 0.25) is 0 Å². The lowest BCUT2D eigenvalue weighted by Crippen LogP contribution is -2.12. The fourth-order valence-corrected chi connectivity index (χ4v) is 0. The Bertz CT molecular complexity index is 98.9. The van der Waals surface area contributed by atoms with Gasteiger partial charge in [0.1, 0.15) is 0 Å². The van der Waals surface area contributed by atoms with Gasteiger partial charge in [0.15, 0.2) is 0 Å². The van der Waals surface area contributed by atoms with Gasteiger partial charge < -0.3 is 0 Å². The standard InChI is InChI=1S/C7H16.C4H10.C3H6/c1-6(2)7(3,4)5;1-4(2)3;1-3-2/h6H,1-5H3;4H,1-3H3;3H,1H2,2H3. The van der Waals surface area contributed by atoms with E-state index in [1.54, 1.807) is 6.08 Å². The van der Waals surface area contributed by atoms with Crippen LogP contribution in [0.15, 0.2) is 12.7 Å². The molecule has 0 nitrogen and oxygen atoms in total. The van der Waals surface area contributed by atoms with E-state index in [4.69, 9.17) is 0 Å². The SMILES string of the molecule is C=CC.CC(C)C.CC(C)C(C)(C)C. The van der Waals surface area contributed by atoms with Crippen molar-refractivity contribution in [2.75, 3.05) is 0 Å². The van der Waals surface area contributed by atoms with Crippen molar-refractivity contribution in [3.8, 4) is 0 Å². The Balaban J connectivity index is -0.000000147. The Hall–Kier alpha value is -0.260. The number of hydrogen-bond donors (Lipinski definition) is 0. The Kier molecular flexibility index (Phi) is 14.9. The minimum atomic E-state index is 0.500. The van der Waals surface area contributed by atoms with Crippen molar-refractivity contribution in [3.63, 3.8) is 0 Å². The van der Waals surface area contributed by atoms with Gasteiger partial charge in [-0.15, -0.1) is 6.58 Å². The van der Waals surface area contributed by atoms with E-state index in [1.807, 2.05) is 6.92 Å². The van der Waals surface area contributed by atoms with E-state index in [2.05, 4.69) is 62.0 Å². The molecule has 0 aromatic rings. The van der Waals surface area contributed by atoms with E-state index in [1.165, 1.54) is 0 Å². The van der Waals surface area contributed by atoms with Gasteiger partial charge in [0, 0.05) is 0 Å². The summed E-state index contributed by atoms with van der Waals surface area (Å²) >= 11 is 0. The summed E-state index contributed by atoms with van der Waals surface area (Å²) in [6.45, 7) is 23.0. The first kappa shape index (κ1) is 19.3. The predicted octanol–water partition coefficient (Wildman–Crippen LogP) is 5.54. The molecule has 0 aromatic carbocycles. The summed E-state index contributed by atoms with van der Waals surface area (Å²) in [6, 6.07) is 0. The zero-order valence-corrected chi connectivity index (χ0v) is 11.9. The quantitative estimate of drug-likeness (QED) is 0.450. The maximum atomic E-state index is 3.36. The molecule has 0 unspecified atom stereocenters. The molecule has 88 valence electrons. The van der Waals surface area contributed by atoms with Crippen LogP contribution in [0, 0.1) is 17.3 Å². The second kappa shape index (κ2) is 10.8. The fourth-order valence-electron chi connectivity index (χ4n) is 0. The average molecular weight is 200 g/mol. The van der Waals surface area contributed by atoms with Gasteiger partial charge in [-0.05, 0) is 24.2 Å². The molecule has 0 atom stereocenters. The molecule has 0 aliphatic carbocycles. The van der Waals surface area contributed by atoms with E-state index in [0.717, 1.165) is 11.8 Å². The third-order valence-electron chi connectivity index (χ3n) is 1.73. The number of allylic oxidation sites excluding steroid dienone is 1. The van der Waals surface area contributed by atoms with E-state index in [-0.39, 0.29) is 0 Å². The summed E-state index contributed by atoms with van der Waals surface area (Å²) in [5.74, 6) is 1.63. The van der Waals surface area contributed by atoms with Gasteiger partial charge in [-0.25, -0.2) is 0 Å². The molecule has 0 aliphatic heterocycles. The summed E-state index contributed by atoms with van der Waals surface area (Å²) in [4.78, 5) is 0. The van der Waals surface area contributed by atoms with Gasteiger partial charge in [0.05, 0.1) is 0 Å². The molecule has 0 saturated heterocycles. The highest BCUT2D eigenvalue weighted by Gasteiger charge is 2.13. The third kappa shape index (κ3) is 41.1. The molecular weight excluding hydrogens is 168 g/mol. The Morgan fingerprint density at radius 1 is 0.929 bits per heavy atom. The smallest absolute Gasteiger partial charge is 0.0360 e. The fraction of sp³-hybridized carbons (Fsp3) is 0.857. The molecule has 14 heavy (non-hydrogen) atoms. The number of hydrogen-bond acceptors (Lipinski definition) is 0.